The van der Waals surface area contributed by atoms with E-state index in [9.17, 15) is 10.1 Å². The van der Waals surface area contributed by atoms with Crippen molar-refractivity contribution < 1.29 is 4.79 Å². The van der Waals surface area contributed by atoms with Gasteiger partial charge in [-0.15, -0.1) is 4.99 Å². The highest BCUT2D eigenvalue weighted by atomic mass is 35.5. The Kier molecular flexibility index (Phi) is 7.74. The fourth-order valence-electron chi connectivity index (χ4n) is 3.68. The van der Waals surface area contributed by atoms with Crippen LogP contribution in [-0.2, 0) is 0 Å². The van der Waals surface area contributed by atoms with Gasteiger partial charge in [0.1, 0.15) is 0 Å². The second-order valence-electron chi connectivity index (χ2n) is 7.49. The van der Waals surface area contributed by atoms with Gasteiger partial charge in [-0.05, 0) is 49.2 Å². The lowest BCUT2D eigenvalue weighted by atomic mass is 10.1. The Bertz CT molecular complexity index is 969. The van der Waals surface area contributed by atoms with E-state index >= 15 is 0 Å². The number of rotatable bonds is 4. The van der Waals surface area contributed by atoms with Crippen molar-refractivity contribution in [3.8, 4) is 6.19 Å². The predicted molar refractivity (Wildman–Crippen MR) is 125 cm³/mol. The van der Waals surface area contributed by atoms with E-state index in [-0.39, 0.29) is 12.1 Å². The van der Waals surface area contributed by atoms with E-state index in [1.165, 1.54) is 0 Å². The number of amides is 2. The van der Waals surface area contributed by atoms with Crippen LogP contribution in [0.2, 0.25) is 5.02 Å². The van der Waals surface area contributed by atoms with Crippen molar-refractivity contribution in [3.63, 3.8) is 0 Å². The first-order chi connectivity index (χ1) is 15.0. The highest BCUT2D eigenvalue weighted by Gasteiger charge is 2.31. The number of guanidine groups is 1. The molecule has 2 amide bonds. The highest BCUT2D eigenvalue weighted by molar-refractivity contribution is 6.30. The molecule has 8 heteroatoms. The second kappa shape index (κ2) is 10.7. The van der Waals surface area contributed by atoms with E-state index in [2.05, 4.69) is 27.4 Å². The van der Waals surface area contributed by atoms with Crippen LogP contribution in [0.15, 0.2) is 53.5 Å². The summed E-state index contributed by atoms with van der Waals surface area (Å²) in [5.74, 6) is 0.521. The maximum Gasteiger partial charge on any atom is 0.321 e. The van der Waals surface area contributed by atoms with Gasteiger partial charge in [-0.3, -0.25) is 0 Å². The normalized spacial score (nSPS) is 16.6. The van der Waals surface area contributed by atoms with Crippen LogP contribution in [-0.4, -0.2) is 47.5 Å². The smallest absolute Gasteiger partial charge is 0.321 e. The van der Waals surface area contributed by atoms with Crippen LogP contribution in [0.4, 0.5) is 16.2 Å². The van der Waals surface area contributed by atoms with Crippen molar-refractivity contribution in [1.82, 2.24) is 9.80 Å². The van der Waals surface area contributed by atoms with E-state index in [4.69, 9.17) is 11.6 Å². The van der Waals surface area contributed by atoms with Gasteiger partial charge >= 0.3 is 6.03 Å². The number of carbonyl (C=O) groups is 1. The molecular weight excluding hydrogens is 412 g/mol. The largest absolute Gasteiger partial charge is 0.335 e. The second-order valence-corrected chi connectivity index (χ2v) is 7.93. The Morgan fingerprint density at radius 3 is 2.61 bits per heavy atom. The molecule has 2 aromatic carbocycles. The van der Waals surface area contributed by atoms with Crippen LogP contribution in [0, 0.1) is 18.4 Å². The zero-order valence-electron chi connectivity index (χ0n) is 17.8. The maximum atomic E-state index is 12.8. The number of halogens is 1. The average molecular weight is 439 g/mol. The molecule has 1 saturated heterocycles. The van der Waals surface area contributed by atoms with E-state index in [1.54, 1.807) is 24.3 Å². The summed E-state index contributed by atoms with van der Waals surface area (Å²) >= 11 is 5.92. The summed E-state index contributed by atoms with van der Waals surface area (Å²) in [5, 5.41) is 16.1. The molecule has 1 atom stereocenters. The molecule has 3 rings (SSSR count). The van der Waals surface area contributed by atoms with Gasteiger partial charge in [0.25, 0.3) is 0 Å². The number of para-hydroxylation sites is 1. The lowest BCUT2D eigenvalue weighted by Crippen LogP contribution is -2.58. The minimum atomic E-state index is -0.145. The number of nitrogens with one attached hydrogen (secondary N) is 2. The number of carbonyl (C=O) groups excluding carboxylic acids is 1. The van der Waals surface area contributed by atoms with Gasteiger partial charge in [0.2, 0.25) is 12.2 Å². The summed E-state index contributed by atoms with van der Waals surface area (Å²) < 4.78 is 0. The first-order valence-corrected chi connectivity index (χ1v) is 10.8. The third kappa shape index (κ3) is 5.89. The molecule has 31 heavy (non-hydrogen) atoms. The first kappa shape index (κ1) is 22.4. The number of anilines is 2. The molecule has 1 unspecified atom stereocenters. The molecule has 7 nitrogen and oxygen atoms in total. The lowest BCUT2D eigenvalue weighted by Gasteiger charge is -2.42. The van der Waals surface area contributed by atoms with E-state index in [0.29, 0.717) is 36.3 Å². The zero-order valence-corrected chi connectivity index (χ0v) is 18.6. The van der Waals surface area contributed by atoms with Crippen LogP contribution in [0.25, 0.3) is 0 Å². The van der Waals surface area contributed by atoms with E-state index in [1.807, 2.05) is 42.3 Å². The van der Waals surface area contributed by atoms with Crippen molar-refractivity contribution >= 4 is 35.0 Å². The number of benzene rings is 2. The first-order valence-electron chi connectivity index (χ1n) is 10.4. The molecule has 1 aliphatic rings. The third-order valence-corrected chi connectivity index (χ3v) is 5.56. The molecule has 0 aromatic heterocycles. The molecule has 1 heterocycles. The summed E-state index contributed by atoms with van der Waals surface area (Å²) in [4.78, 5) is 20.8. The monoisotopic (exact) mass is 438 g/mol. The number of aliphatic imine (C=N–C) groups is 1. The minimum absolute atomic E-state index is 0.0540. The molecule has 2 aromatic rings. The summed E-state index contributed by atoms with van der Waals surface area (Å²) in [5.41, 5.74) is 2.69. The Morgan fingerprint density at radius 1 is 1.19 bits per heavy atom. The number of hydrogen-bond donors (Lipinski definition) is 2. The van der Waals surface area contributed by atoms with Crippen LogP contribution >= 0.6 is 11.6 Å². The van der Waals surface area contributed by atoms with Crippen molar-refractivity contribution in [3.05, 3.63) is 59.1 Å². The molecule has 2 N–H and O–H groups in total. The number of hydrogen-bond acceptors (Lipinski definition) is 3. The quantitative estimate of drug-likeness (QED) is 0.403. The topological polar surface area (TPSA) is 83.8 Å². The van der Waals surface area contributed by atoms with Crippen LogP contribution in [0.3, 0.4) is 0 Å². The summed E-state index contributed by atoms with van der Waals surface area (Å²) in [6.45, 7) is 5.78. The van der Waals surface area contributed by atoms with Gasteiger partial charge in [0.05, 0.1) is 0 Å². The molecule has 1 aliphatic heterocycles. The molecule has 0 aliphatic carbocycles. The number of aryl methyl sites for hydroxylation is 1. The standard InChI is InChI=1S/C23H27ClN6O/c1-3-6-20-15-29(23(31)27-19-11-9-18(24)10-12-19)13-14-30(20)22(26-16-25)28-21-8-5-4-7-17(21)2/h4-5,7-12,20H,3,6,13-15H2,1-2H3,(H,26,28)(H,27,31). The van der Waals surface area contributed by atoms with Crippen molar-refractivity contribution in [1.29, 1.82) is 5.26 Å². The number of nitriles is 1. The fraction of sp³-hybridized carbons (Fsp3) is 0.348. The SMILES string of the molecule is CCCC1CN(C(=O)Nc2ccc(Cl)cc2)CCN1/C(=N\C#N)Nc1ccccc1C. The lowest BCUT2D eigenvalue weighted by molar-refractivity contribution is 0.139. The highest BCUT2D eigenvalue weighted by Crippen LogP contribution is 2.20. The Balaban J connectivity index is 1.72. The van der Waals surface area contributed by atoms with Crippen LogP contribution < -0.4 is 10.6 Å². The van der Waals surface area contributed by atoms with Crippen LogP contribution in [0.1, 0.15) is 25.3 Å². The van der Waals surface area contributed by atoms with Crippen LogP contribution in [0.5, 0.6) is 0 Å². The summed E-state index contributed by atoms with van der Waals surface area (Å²) in [6.07, 6.45) is 3.75. The number of nitrogens with zero attached hydrogens (tertiary/aromatic N) is 4. The molecule has 0 radical (unpaired) electrons. The Labute approximate surface area is 188 Å². The number of urea groups is 1. The Morgan fingerprint density at radius 2 is 1.94 bits per heavy atom. The molecule has 0 spiro atoms. The third-order valence-electron chi connectivity index (χ3n) is 5.31. The average Bonchev–Trinajstić information content (AvgIpc) is 2.77. The molecule has 0 bridgehead atoms. The van der Waals surface area contributed by atoms with Gasteiger partial charge < -0.3 is 20.4 Å². The summed E-state index contributed by atoms with van der Waals surface area (Å²) in [6, 6.07) is 14.9. The Hall–Kier alpha value is -3.24. The van der Waals surface area contributed by atoms with Gasteiger partial charge in [0, 0.05) is 42.1 Å². The van der Waals surface area contributed by atoms with Crippen molar-refractivity contribution in [2.75, 3.05) is 30.3 Å². The maximum absolute atomic E-state index is 12.8. The van der Waals surface area contributed by atoms with E-state index in [0.717, 1.165) is 24.1 Å². The minimum Gasteiger partial charge on any atom is -0.335 e. The van der Waals surface area contributed by atoms with Gasteiger partial charge in [0.15, 0.2) is 0 Å². The number of piperazine rings is 1. The van der Waals surface area contributed by atoms with Gasteiger partial charge in [-0.25, -0.2) is 4.79 Å². The summed E-state index contributed by atoms with van der Waals surface area (Å²) in [7, 11) is 0. The predicted octanol–water partition coefficient (Wildman–Crippen LogP) is 4.92. The zero-order chi connectivity index (χ0) is 22.2. The van der Waals surface area contributed by atoms with Crippen molar-refractivity contribution in [2.45, 2.75) is 32.7 Å². The van der Waals surface area contributed by atoms with E-state index < -0.39 is 0 Å². The van der Waals surface area contributed by atoms with Crippen molar-refractivity contribution in [2.24, 2.45) is 4.99 Å². The molecule has 1 fully saturated rings. The molecular formula is C23H27ClN6O. The molecule has 162 valence electrons. The van der Waals surface area contributed by atoms with Gasteiger partial charge in [-0.1, -0.05) is 43.1 Å². The van der Waals surface area contributed by atoms with Gasteiger partial charge in [-0.2, -0.15) is 5.26 Å². The fourth-order valence-corrected chi connectivity index (χ4v) is 3.81. The molecule has 0 saturated carbocycles.